The molecule has 1 saturated heterocycles. The van der Waals surface area contributed by atoms with E-state index in [1.807, 2.05) is 5.32 Å². The summed E-state index contributed by atoms with van der Waals surface area (Å²) >= 11 is 0. The lowest BCUT2D eigenvalue weighted by atomic mass is 9.99. The van der Waals surface area contributed by atoms with E-state index in [-0.39, 0.29) is 0 Å². The highest BCUT2D eigenvalue weighted by molar-refractivity contribution is 6.33. The second-order valence-electron chi connectivity index (χ2n) is 5.41. The molecule has 6 N–H and O–H groups in total. The summed E-state index contributed by atoms with van der Waals surface area (Å²) in [7, 11) is 0. The van der Waals surface area contributed by atoms with Gasteiger partial charge in [-0.15, -0.1) is 0 Å². The number of para-hydroxylation sites is 1. The van der Waals surface area contributed by atoms with E-state index in [0.717, 1.165) is 0 Å². The zero-order valence-electron chi connectivity index (χ0n) is 13.7. The number of carbonyl (C=O) groups excluding carboxylic acids is 4. The van der Waals surface area contributed by atoms with E-state index in [1.165, 1.54) is 0 Å². The second kappa shape index (κ2) is 8.93. The van der Waals surface area contributed by atoms with Crippen molar-refractivity contribution in [3.8, 4) is 0 Å². The minimum Gasteiger partial charge on any atom is -0.450 e. The number of nitrogens with one attached hydrogen (secondary N) is 3. The minimum atomic E-state index is -1.97. The molecule has 27 heavy (non-hydrogen) atoms. The van der Waals surface area contributed by atoms with Gasteiger partial charge < -0.3 is 30.2 Å². The van der Waals surface area contributed by atoms with Crippen LogP contribution in [-0.2, 0) is 24.0 Å². The van der Waals surface area contributed by atoms with Gasteiger partial charge in [0.05, 0.1) is 6.61 Å². The highest BCUT2D eigenvalue weighted by Crippen LogP contribution is 2.12. The molecule has 12 nitrogen and oxygen atoms in total. The van der Waals surface area contributed by atoms with Gasteiger partial charge in [-0.05, 0) is 12.1 Å². The predicted octanol–water partition coefficient (Wildman–Crippen LogP) is -2.61. The summed E-state index contributed by atoms with van der Waals surface area (Å²) in [6, 6.07) is 6.25. The number of ether oxygens (including phenoxy) is 1. The Balaban J connectivity index is 2.00. The first kappa shape index (κ1) is 20.1. The summed E-state index contributed by atoms with van der Waals surface area (Å²) in [6.07, 6.45) is -6.57. The number of anilines is 1. The molecular formula is C15H17N3O9. The fourth-order valence-electron chi connectivity index (χ4n) is 2.15. The van der Waals surface area contributed by atoms with Crippen LogP contribution in [0.25, 0.3) is 0 Å². The van der Waals surface area contributed by atoms with Gasteiger partial charge >= 0.3 is 18.0 Å². The van der Waals surface area contributed by atoms with Crippen LogP contribution in [0.2, 0.25) is 0 Å². The second-order valence-corrected chi connectivity index (χ2v) is 5.41. The molecule has 2 rings (SSSR count). The molecule has 0 aromatic heterocycles. The van der Waals surface area contributed by atoms with Crippen LogP contribution in [0.15, 0.2) is 30.3 Å². The fourth-order valence-corrected chi connectivity index (χ4v) is 2.15. The molecule has 1 aliphatic rings. The Labute approximate surface area is 152 Å². The summed E-state index contributed by atoms with van der Waals surface area (Å²) in [5, 5.41) is 33.1. The van der Waals surface area contributed by atoms with E-state index in [9.17, 15) is 29.4 Å². The first-order valence-electron chi connectivity index (χ1n) is 7.64. The van der Waals surface area contributed by atoms with E-state index in [1.54, 1.807) is 35.8 Å². The van der Waals surface area contributed by atoms with Gasteiger partial charge in [0.2, 0.25) is 0 Å². The van der Waals surface area contributed by atoms with Crippen LogP contribution in [0, 0.1) is 0 Å². The van der Waals surface area contributed by atoms with Crippen LogP contribution in [-0.4, -0.2) is 70.2 Å². The van der Waals surface area contributed by atoms with E-state index in [2.05, 4.69) is 14.9 Å². The molecule has 1 aromatic carbocycles. The molecule has 0 spiro atoms. The average Bonchev–Trinajstić information content (AvgIpc) is 2.67. The maximum atomic E-state index is 12.1. The number of esters is 1. The van der Waals surface area contributed by atoms with Crippen molar-refractivity contribution in [1.82, 2.24) is 10.8 Å². The summed E-state index contributed by atoms with van der Waals surface area (Å²) in [6.45, 7) is -0.901. The van der Waals surface area contributed by atoms with E-state index < -0.39 is 54.8 Å². The summed E-state index contributed by atoms with van der Waals surface area (Å²) in [5.74, 6) is -4.10. The molecule has 1 fully saturated rings. The number of aliphatic hydroxyl groups excluding tert-OH is 3. The molecule has 0 bridgehead atoms. The Hall–Kier alpha value is -3.22. The van der Waals surface area contributed by atoms with Gasteiger partial charge in [0.25, 0.3) is 5.91 Å². The Morgan fingerprint density at radius 1 is 1.15 bits per heavy atom. The van der Waals surface area contributed by atoms with Gasteiger partial charge in [-0.25, -0.2) is 9.59 Å². The van der Waals surface area contributed by atoms with Crippen LogP contribution in [0.3, 0.4) is 0 Å². The van der Waals surface area contributed by atoms with Crippen molar-refractivity contribution < 1.29 is 44.1 Å². The summed E-state index contributed by atoms with van der Waals surface area (Å²) < 4.78 is 4.49. The molecular weight excluding hydrogens is 366 g/mol. The number of hydrogen-bond donors (Lipinski definition) is 6. The van der Waals surface area contributed by atoms with E-state index in [0.29, 0.717) is 5.69 Å². The number of benzene rings is 1. The maximum Gasteiger partial charge on any atom is 0.436 e. The van der Waals surface area contributed by atoms with E-state index >= 15 is 0 Å². The van der Waals surface area contributed by atoms with Gasteiger partial charge in [-0.1, -0.05) is 18.2 Å². The SMILES string of the molecule is O=C(Nc1ccccc1)ONC(=O)[C@@H]1NC(=O)C(=O)O[C@H](CO)[C@@H](O)[C@@H]1O. The third-order valence-electron chi connectivity index (χ3n) is 3.53. The number of hydrogen-bond acceptors (Lipinski definition) is 9. The highest BCUT2D eigenvalue weighted by Gasteiger charge is 2.43. The summed E-state index contributed by atoms with van der Waals surface area (Å²) in [4.78, 5) is 51.3. The van der Waals surface area contributed by atoms with Gasteiger partial charge in [-0.2, -0.15) is 5.48 Å². The number of hydroxylamine groups is 1. The minimum absolute atomic E-state index is 0.375. The van der Waals surface area contributed by atoms with Crippen LogP contribution in [0.4, 0.5) is 10.5 Å². The molecule has 0 aliphatic carbocycles. The van der Waals surface area contributed by atoms with Crippen molar-refractivity contribution in [2.24, 2.45) is 0 Å². The van der Waals surface area contributed by atoms with Crippen molar-refractivity contribution in [2.45, 2.75) is 24.4 Å². The van der Waals surface area contributed by atoms with Gasteiger partial charge in [-0.3, -0.25) is 14.9 Å². The number of cyclic esters (lactones) is 1. The molecule has 0 saturated carbocycles. The van der Waals surface area contributed by atoms with Crippen molar-refractivity contribution in [3.05, 3.63) is 30.3 Å². The molecule has 4 atom stereocenters. The van der Waals surface area contributed by atoms with Crippen LogP contribution >= 0.6 is 0 Å². The molecule has 1 aromatic rings. The fraction of sp³-hybridized carbons (Fsp3) is 0.333. The third-order valence-corrected chi connectivity index (χ3v) is 3.53. The Kier molecular flexibility index (Phi) is 6.65. The maximum absolute atomic E-state index is 12.1. The molecule has 1 aliphatic heterocycles. The Morgan fingerprint density at radius 3 is 2.44 bits per heavy atom. The monoisotopic (exact) mass is 383 g/mol. The van der Waals surface area contributed by atoms with Gasteiger partial charge in [0, 0.05) is 5.69 Å². The zero-order chi connectivity index (χ0) is 20.0. The topological polar surface area (TPSA) is 184 Å². The number of amides is 3. The predicted molar refractivity (Wildman–Crippen MR) is 85.6 cm³/mol. The third kappa shape index (κ3) is 5.13. The first-order chi connectivity index (χ1) is 12.8. The number of aliphatic hydroxyl groups is 3. The first-order valence-corrected chi connectivity index (χ1v) is 7.64. The Morgan fingerprint density at radius 2 is 1.81 bits per heavy atom. The molecule has 12 heteroatoms. The van der Waals surface area contributed by atoms with Crippen molar-refractivity contribution in [3.63, 3.8) is 0 Å². The largest absolute Gasteiger partial charge is 0.450 e. The molecule has 1 heterocycles. The van der Waals surface area contributed by atoms with Crippen LogP contribution in [0.5, 0.6) is 0 Å². The van der Waals surface area contributed by atoms with E-state index in [4.69, 9.17) is 5.11 Å². The number of carbonyl (C=O) groups is 4. The lowest BCUT2D eigenvalue weighted by molar-refractivity contribution is -0.177. The van der Waals surface area contributed by atoms with Crippen LogP contribution < -0.4 is 16.1 Å². The lowest BCUT2D eigenvalue weighted by Crippen LogP contribution is -2.63. The Bertz CT molecular complexity index is 712. The molecule has 0 unspecified atom stereocenters. The zero-order valence-corrected chi connectivity index (χ0v) is 13.7. The molecule has 0 radical (unpaired) electrons. The van der Waals surface area contributed by atoms with Gasteiger partial charge in [0.1, 0.15) is 18.2 Å². The highest BCUT2D eigenvalue weighted by atomic mass is 16.7. The standard InChI is InChI=1S/C15H17N3O9/c19-6-8-10(20)11(21)9(17-13(23)14(24)26-8)12(22)18-27-15(25)16-7-4-2-1-3-5-7/h1-5,8-11,19-21H,6H2,(H,16,25)(H,17,23)(H,18,22)/t8-,9-,10-,11-/m1/s1. The van der Waals surface area contributed by atoms with Crippen molar-refractivity contribution in [1.29, 1.82) is 0 Å². The smallest absolute Gasteiger partial charge is 0.436 e. The molecule has 146 valence electrons. The molecule has 3 amide bonds. The average molecular weight is 383 g/mol. The van der Waals surface area contributed by atoms with Crippen LogP contribution in [0.1, 0.15) is 0 Å². The van der Waals surface area contributed by atoms with Crippen molar-refractivity contribution in [2.75, 3.05) is 11.9 Å². The lowest BCUT2D eigenvalue weighted by Gasteiger charge is -2.32. The normalized spacial score (nSPS) is 25.3. The summed E-state index contributed by atoms with van der Waals surface area (Å²) in [5.41, 5.74) is 2.06. The van der Waals surface area contributed by atoms with Crippen molar-refractivity contribution >= 4 is 29.6 Å². The number of rotatable bonds is 3. The van der Waals surface area contributed by atoms with Gasteiger partial charge in [0.15, 0.2) is 6.10 Å². The quantitative estimate of drug-likeness (QED) is 0.185.